The Kier molecular flexibility index (Phi) is 4.14. The van der Waals surface area contributed by atoms with Crippen molar-refractivity contribution in [2.24, 2.45) is 0 Å². The van der Waals surface area contributed by atoms with Gasteiger partial charge in [-0.1, -0.05) is 35.5 Å². The maximum absolute atomic E-state index is 13.1. The molecule has 5 nitrogen and oxygen atoms in total. The van der Waals surface area contributed by atoms with Crippen molar-refractivity contribution in [1.29, 1.82) is 0 Å². The first-order valence-electron chi connectivity index (χ1n) is 7.13. The summed E-state index contributed by atoms with van der Waals surface area (Å²) in [5, 5.41) is 10.5. The van der Waals surface area contributed by atoms with Crippen LogP contribution in [0.15, 0.2) is 54.7 Å². The zero-order chi connectivity index (χ0) is 16.2. The number of rotatable bonds is 4. The fraction of sp³-hybridized carbons (Fsp3) is 0.118. The Balaban J connectivity index is 1.71. The zero-order valence-corrected chi connectivity index (χ0v) is 12.5. The molecule has 0 fully saturated rings. The number of nitrogens with zero attached hydrogens (tertiary/aromatic N) is 3. The highest BCUT2D eigenvalue weighted by molar-refractivity contribution is 6.03. The van der Waals surface area contributed by atoms with E-state index in [4.69, 9.17) is 0 Å². The van der Waals surface area contributed by atoms with Crippen LogP contribution < -0.4 is 5.32 Å². The quantitative estimate of drug-likeness (QED) is 0.806. The molecule has 0 atom stereocenters. The summed E-state index contributed by atoms with van der Waals surface area (Å²) in [6.45, 7) is 2.27. The van der Waals surface area contributed by atoms with Crippen LogP contribution in [0.4, 0.5) is 10.1 Å². The van der Waals surface area contributed by atoms with Crippen molar-refractivity contribution in [3.63, 3.8) is 0 Å². The van der Waals surface area contributed by atoms with Crippen molar-refractivity contribution in [3.8, 4) is 0 Å². The number of carbonyl (C=O) groups excluding carboxylic acids is 1. The van der Waals surface area contributed by atoms with Gasteiger partial charge in [0.15, 0.2) is 5.69 Å². The molecule has 0 saturated carbocycles. The molecule has 6 heteroatoms. The Morgan fingerprint density at radius 3 is 2.74 bits per heavy atom. The first-order valence-corrected chi connectivity index (χ1v) is 7.13. The lowest BCUT2D eigenvalue weighted by Crippen LogP contribution is -2.13. The van der Waals surface area contributed by atoms with E-state index in [2.05, 4.69) is 15.6 Å². The van der Waals surface area contributed by atoms with Gasteiger partial charge in [0.2, 0.25) is 0 Å². The number of hydrogen-bond donors (Lipinski definition) is 1. The van der Waals surface area contributed by atoms with Crippen molar-refractivity contribution in [2.45, 2.75) is 13.5 Å². The standard InChI is InChI=1S/C17H15FN4O/c1-12-9-14(18)7-8-15(12)19-17(23)16-11-22(21-20-16)10-13-5-3-2-4-6-13/h2-9,11H,10H2,1H3,(H,19,23). The highest BCUT2D eigenvalue weighted by Crippen LogP contribution is 2.16. The number of aryl methyl sites for hydroxylation is 1. The van der Waals surface area contributed by atoms with Crippen LogP contribution in [0, 0.1) is 12.7 Å². The largest absolute Gasteiger partial charge is 0.320 e. The second-order valence-corrected chi connectivity index (χ2v) is 5.20. The molecule has 3 aromatic rings. The van der Waals surface area contributed by atoms with E-state index in [1.807, 2.05) is 30.3 Å². The lowest BCUT2D eigenvalue weighted by Gasteiger charge is -2.06. The molecular weight excluding hydrogens is 295 g/mol. The minimum atomic E-state index is -0.376. The van der Waals surface area contributed by atoms with Crippen LogP contribution >= 0.6 is 0 Å². The number of nitrogens with one attached hydrogen (secondary N) is 1. The summed E-state index contributed by atoms with van der Waals surface area (Å²) in [6.07, 6.45) is 1.58. The van der Waals surface area contributed by atoms with Gasteiger partial charge < -0.3 is 5.32 Å². The SMILES string of the molecule is Cc1cc(F)ccc1NC(=O)c1cn(Cc2ccccc2)nn1. The van der Waals surface area contributed by atoms with Gasteiger partial charge in [0.05, 0.1) is 12.7 Å². The van der Waals surface area contributed by atoms with Crippen LogP contribution in [0.2, 0.25) is 0 Å². The Labute approximate surface area is 132 Å². The molecule has 0 radical (unpaired) electrons. The average Bonchev–Trinajstić information content (AvgIpc) is 3.00. The first-order chi connectivity index (χ1) is 11.1. The van der Waals surface area contributed by atoms with Gasteiger partial charge in [-0.3, -0.25) is 4.79 Å². The van der Waals surface area contributed by atoms with E-state index in [1.165, 1.54) is 18.2 Å². The van der Waals surface area contributed by atoms with E-state index < -0.39 is 0 Å². The van der Waals surface area contributed by atoms with E-state index >= 15 is 0 Å². The number of hydrogen-bond acceptors (Lipinski definition) is 3. The van der Waals surface area contributed by atoms with E-state index in [9.17, 15) is 9.18 Å². The summed E-state index contributed by atoms with van der Waals surface area (Å²) in [6, 6.07) is 14.0. The third-order valence-electron chi connectivity index (χ3n) is 3.40. The molecule has 116 valence electrons. The first kappa shape index (κ1) is 14.9. The Hall–Kier alpha value is -3.02. The molecular formula is C17H15FN4O. The van der Waals surface area contributed by atoms with Crippen LogP contribution in [0.1, 0.15) is 21.6 Å². The number of carbonyl (C=O) groups is 1. The molecule has 0 aliphatic heterocycles. The molecule has 2 aromatic carbocycles. The van der Waals surface area contributed by atoms with Gasteiger partial charge in [0.25, 0.3) is 5.91 Å². The van der Waals surface area contributed by atoms with Crippen LogP contribution in [-0.4, -0.2) is 20.9 Å². The second kappa shape index (κ2) is 6.39. The molecule has 0 aliphatic rings. The monoisotopic (exact) mass is 310 g/mol. The lowest BCUT2D eigenvalue weighted by molar-refractivity contribution is 0.102. The summed E-state index contributed by atoms with van der Waals surface area (Å²) >= 11 is 0. The molecule has 0 saturated heterocycles. The Bertz CT molecular complexity index is 830. The molecule has 1 aromatic heterocycles. The van der Waals surface area contributed by atoms with Crippen LogP contribution in [0.5, 0.6) is 0 Å². The van der Waals surface area contributed by atoms with Crippen LogP contribution in [-0.2, 0) is 6.54 Å². The number of anilines is 1. The van der Waals surface area contributed by atoms with Gasteiger partial charge in [0, 0.05) is 5.69 Å². The summed E-state index contributed by atoms with van der Waals surface area (Å²) in [5.74, 6) is -0.715. The smallest absolute Gasteiger partial charge is 0.277 e. The van der Waals surface area contributed by atoms with Gasteiger partial charge in [-0.05, 0) is 36.2 Å². The second-order valence-electron chi connectivity index (χ2n) is 5.20. The fourth-order valence-electron chi connectivity index (χ4n) is 2.20. The predicted octanol–water partition coefficient (Wildman–Crippen LogP) is 3.03. The molecule has 3 rings (SSSR count). The highest BCUT2D eigenvalue weighted by atomic mass is 19.1. The minimum absolute atomic E-state index is 0.213. The third-order valence-corrected chi connectivity index (χ3v) is 3.40. The molecule has 0 spiro atoms. The van der Waals surface area contributed by atoms with Crippen molar-refractivity contribution in [2.75, 3.05) is 5.32 Å². The molecule has 0 aliphatic carbocycles. The van der Waals surface area contributed by atoms with Crippen LogP contribution in [0.25, 0.3) is 0 Å². The third kappa shape index (κ3) is 3.60. The maximum atomic E-state index is 13.1. The van der Waals surface area contributed by atoms with Gasteiger partial charge in [-0.25, -0.2) is 9.07 Å². The van der Waals surface area contributed by atoms with E-state index in [0.717, 1.165) is 5.56 Å². The average molecular weight is 310 g/mol. The van der Waals surface area contributed by atoms with Gasteiger partial charge in [-0.15, -0.1) is 5.10 Å². The summed E-state index contributed by atoms with van der Waals surface area (Å²) in [5.41, 5.74) is 2.48. The summed E-state index contributed by atoms with van der Waals surface area (Å²) < 4.78 is 14.7. The van der Waals surface area contributed by atoms with Crippen molar-refractivity contribution < 1.29 is 9.18 Å². The molecule has 1 heterocycles. The zero-order valence-electron chi connectivity index (χ0n) is 12.5. The van der Waals surface area contributed by atoms with Gasteiger partial charge in [-0.2, -0.15) is 0 Å². The van der Waals surface area contributed by atoms with E-state index in [1.54, 1.807) is 17.8 Å². The van der Waals surface area contributed by atoms with Crippen molar-refractivity contribution in [1.82, 2.24) is 15.0 Å². The molecule has 0 bridgehead atoms. The number of amides is 1. The topological polar surface area (TPSA) is 59.8 Å². The normalized spacial score (nSPS) is 10.5. The number of aromatic nitrogens is 3. The van der Waals surface area contributed by atoms with Gasteiger partial charge in [0.1, 0.15) is 5.82 Å². The number of benzene rings is 2. The Morgan fingerprint density at radius 1 is 1.22 bits per heavy atom. The summed E-state index contributed by atoms with van der Waals surface area (Å²) in [4.78, 5) is 12.2. The molecule has 1 amide bonds. The maximum Gasteiger partial charge on any atom is 0.277 e. The fourth-order valence-corrected chi connectivity index (χ4v) is 2.20. The van der Waals surface area contributed by atoms with Crippen LogP contribution in [0.3, 0.4) is 0 Å². The van der Waals surface area contributed by atoms with Crippen molar-refractivity contribution in [3.05, 3.63) is 77.4 Å². The minimum Gasteiger partial charge on any atom is -0.320 e. The summed E-state index contributed by atoms with van der Waals surface area (Å²) in [7, 11) is 0. The predicted molar refractivity (Wildman–Crippen MR) is 84.7 cm³/mol. The Morgan fingerprint density at radius 2 is 2.00 bits per heavy atom. The molecule has 1 N–H and O–H groups in total. The van der Waals surface area contributed by atoms with E-state index in [-0.39, 0.29) is 17.4 Å². The van der Waals surface area contributed by atoms with Crippen molar-refractivity contribution >= 4 is 11.6 Å². The highest BCUT2D eigenvalue weighted by Gasteiger charge is 2.12. The lowest BCUT2D eigenvalue weighted by atomic mass is 10.2. The molecule has 23 heavy (non-hydrogen) atoms. The number of halogens is 1. The van der Waals surface area contributed by atoms with E-state index in [0.29, 0.717) is 17.8 Å². The van der Waals surface area contributed by atoms with Gasteiger partial charge >= 0.3 is 0 Å². The molecule has 0 unspecified atom stereocenters.